The van der Waals surface area contributed by atoms with Crippen molar-refractivity contribution in [1.29, 1.82) is 0 Å². The second kappa shape index (κ2) is 6.41. The Bertz CT molecular complexity index is 386. The Balaban J connectivity index is 0.00000162. The van der Waals surface area contributed by atoms with Crippen LogP contribution < -0.4 is 10.5 Å². The summed E-state index contributed by atoms with van der Waals surface area (Å²) in [5.74, 6) is 0.873. The molecule has 0 amide bonds. The van der Waals surface area contributed by atoms with Crippen molar-refractivity contribution in [2.45, 2.75) is 32.4 Å². The normalized spacial score (nSPS) is 17.6. The van der Waals surface area contributed by atoms with Gasteiger partial charge < -0.3 is 10.5 Å². The van der Waals surface area contributed by atoms with Crippen LogP contribution in [0.1, 0.15) is 24.1 Å². The van der Waals surface area contributed by atoms with Crippen molar-refractivity contribution < 1.29 is 4.74 Å². The van der Waals surface area contributed by atoms with Crippen molar-refractivity contribution >= 4 is 12.4 Å². The molecule has 5 nitrogen and oxygen atoms in total. The van der Waals surface area contributed by atoms with Crippen LogP contribution in [0.3, 0.4) is 0 Å². The van der Waals surface area contributed by atoms with Crippen LogP contribution in [0.5, 0.6) is 5.88 Å². The molecule has 0 aromatic carbocycles. The van der Waals surface area contributed by atoms with E-state index in [9.17, 15) is 0 Å². The van der Waals surface area contributed by atoms with Crippen molar-refractivity contribution in [1.82, 2.24) is 14.7 Å². The van der Waals surface area contributed by atoms with Gasteiger partial charge in [-0.3, -0.25) is 4.90 Å². The first kappa shape index (κ1) is 15.3. The van der Waals surface area contributed by atoms with E-state index in [1.54, 1.807) is 11.8 Å². The van der Waals surface area contributed by atoms with E-state index in [0.717, 1.165) is 44.0 Å². The Morgan fingerprint density at radius 3 is 2.56 bits per heavy atom. The summed E-state index contributed by atoms with van der Waals surface area (Å²) in [7, 11) is 3.62. The number of rotatable bonds is 3. The van der Waals surface area contributed by atoms with Gasteiger partial charge in [-0.1, -0.05) is 0 Å². The number of halogens is 1. The molecular weight excluding hydrogens is 252 g/mol. The lowest BCUT2D eigenvalue weighted by molar-refractivity contribution is 0.202. The lowest BCUT2D eigenvalue weighted by Crippen LogP contribution is -2.39. The first-order valence-electron chi connectivity index (χ1n) is 6.16. The van der Waals surface area contributed by atoms with Gasteiger partial charge in [0.05, 0.1) is 18.4 Å². The summed E-state index contributed by atoms with van der Waals surface area (Å²) < 4.78 is 7.21. The second-order valence-corrected chi connectivity index (χ2v) is 4.81. The molecular formula is C12H23ClN4O. The number of aromatic nitrogens is 2. The standard InChI is InChI=1S/C12H22N4O.ClH/c1-9-11(12(17-3)15(2)14-9)8-16-6-4-10(13)5-7-16;/h10H,4-8,13H2,1-3H3;1H. The SMILES string of the molecule is COc1c(CN2CCC(N)CC2)c(C)nn1C.Cl. The first-order chi connectivity index (χ1) is 8.11. The highest BCUT2D eigenvalue weighted by Gasteiger charge is 2.20. The van der Waals surface area contributed by atoms with Gasteiger partial charge in [0.1, 0.15) is 0 Å². The zero-order valence-electron chi connectivity index (χ0n) is 11.3. The molecule has 6 heteroatoms. The van der Waals surface area contributed by atoms with E-state index >= 15 is 0 Å². The minimum atomic E-state index is 0. The maximum absolute atomic E-state index is 5.91. The molecule has 0 spiro atoms. The fourth-order valence-corrected chi connectivity index (χ4v) is 2.45. The number of likely N-dealkylation sites (tertiary alicyclic amines) is 1. The molecule has 104 valence electrons. The summed E-state index contributed by atoms with van der Waals surface area (Å²) in [6.45, 7) is 5.08. The molecule has 1 aromatic heterocycles. The third-order valence-corrected chi connectivity index (χ3v) is 3.50. The van der Waals surface area contributed by atoms with Crippen LogP contribution in [-0.4, -0.2) is 40.9 Å². The van der Waals surface area contributed by atoms with Gasteiger partial charge in [-0.2, -0.15) is 5.10 Å². The number of hydrogen-bond acceptors (Lipinski definition) is 4. The van der Waals surface area contributed by atoms with Crippen LogP contribution in [0.2, 0.25) is 0 Å². The molecule has 0 radical (unpaired) electrons. The lowest BCUT2D eigenvalue weighted by atomic mass is 10.1. The zero-order valence-corrected chi connectivity index (χ0v) is 12.2. The average molecular weight is 275 g/mol. The maximum atomic E-state index is 5.91. The molecule has 2 rings (SSSR count). The Morgan fingerprint density at radius 2 is 2.00 bits per heavy atom. The predicted octanol–water partition coefficient (Wildman–Crippen LogP) is 1.08. The average Bonchev–Trinajstić information content (AvgIpc) is 2.57. The van der Waals surface area contributed by atoms with Gasteiger partial charge in [-0.15, -0.1) is 12.4 Å². The third-order valence-electron chi connectivity index (χ3n) is 3.50. The molecule has 0 aliphatic carbocycles. The van der Waals surface area contributed by atoms with Crippen LogP contribution in [0, 0.1) is 6.92 Å². The number of ether oxygens (including phenoxy) is 1. The monoisotopic (exact) mass is 274 g/mol. The molecule has 2 heterocycles. The smallest absolute Gasteiger partial charge is 0.216 e. The fraction of sp³-hybridized carbons (Fsp3) is 0.750. The Hall–Kier alpha value is -0.780. The summed E-state index contributed by atoms with van der Waals surface area (Å²) in [5.41, 5.74) is 8.17. The summed E-state index contributed by atoms with van der Waals surface area (Å²) in [6.07, 6.45) is 2.17. The third kappa shape index (κ3) is 3.16. The van der Waals surface area contributed by atoms with Crippen molar-refractivity contribution in [2.24, 2.45) is 12.8 Å². The highest BCUT2D eigenvalue weighted by atomic mass is 35.5. The van der Waals surface area contributed by atoms with Crippen LogP contribution in [0.15, 0.2) is 0 Å². The molecule has 1 aliphatic rings. The van der Waals surface area contributed by atoms with Crippen molar-refractivity contribution in [3.63, 3.8) is 0 Å². The van der Waals surface area contributed by atoms with Crippen LogP contribution >= 0.6 is 12.4 Å². The van der Waals surface area contributed by atoms with Gasteiger partial charge in [0.25, 0.3) is 0 Å². The fourth-order valence-electron chi connectivity index (χ4n) is 2.45. The minimum Gasteiger partial charge on any atom is -0.481 e. The molecule has 2 N–H and O–H groups in total. The Kier molecular flexibility index (Phi) is 5.44. The Labute approximate surface area is 115 Å². The van der Waals surface area contributed by atoms with Gasteiger partial charge >= 0.3 is 0 Å². The molecule has 18 heavy (non-hydrogen) atoms. The van der Waals surface area contributed by atoms with Gasteiger partial charge in [-0.05, 0) is 32.9 Å². The van der Waals surface area contributed by atoms with Crippen molar-refractivity contribution in [2.75, 3.05) is 20.2 Å². The highest BCUT2D eigenvalue weighted by molar-refractivity contribution is 5.85. The molecule has 1 fully saturated rings. The number of nitrogens with two attached hydrogens (primary N) is 1. The summed E-state index contributed by atoms with van der Waals surface area (Å²) in [5, 5.41) is 4.40. The molecule has 1 aliphatic heterocycles. The maximum Gasteiger partial charge on any atom is 0.216 e. The van der Waals surface area contributed by atoms with Crippen LogP contribution in [-0.2, 0) is 13.6 Å². The second-order valence-electron chi connectivity index (χ2n) is 4.81. The van der Waals surface area contributed by atoms with E-state index in [4.69, 9.17) is 10.5 Å². The van der Waals surface area contributed by atoms with E-state index in [0.29, 0.717) is 6.04 Å². The minimum absolute atomic E-state index is 0. The van der Waals surface area contributed by atoms with E-state index in [-0.39, 0.29) is 12.4 Å². The van der Waals surface area contributed by atoms with Crippen LogP contribution in [0.4, 0.5) is 0 Å². The predicted molar refractivity (Wildman–Crippen MR) is 74.2 cm³/mol. The molecule has 0 atom stereocenters. The van der Waals surface area contributed by atoms with E-state index < -0.39 is 0 Å². The number of hydrogen-bond donors (Lipinski definition) is 1. The van der Waals surface area contributed by atoms with Crippen LogP contribution in [0.25, 0.3) is 0 Å². The molecule has 0 unspecified atom stereocenters. The number of methoxy groups -OCH3 is 1. The van der Waals surface area contributed by atoms with E-state index in [1.165, 1.54) is 5.56 Å². The highest BCUT2D eigenvalue weighted by Crippen LogP contribution is 2.23. The van der Waals surface area contributed by atoms with Crippen molar-refractivity contribution in [3.8, 4) is 5.88 Å². The molecule has 1 saturated heterocycles. The number of nitrogens with zero attached hydrogens (tertiary/aromatic N) is 3. The molecule has 0 saturated carbocycles. The topological polar surface area (TPSA) is 56.3 Å². The lowest BCUT2D eigenvalue weighted by Gasteiger charge is -2.30. The summed E-state index contributed by atoms with van der Waals surface area (Å²) >= 11 is 0. The first-order valence-corrected chi connectivity index (χ1v) is 6.16. The molecule has 1 aromatic rings. The van der Waals surface area contributed by atoms with E-state index in [2.05, 4.69) is 10.00 Å². The van der Waals surface area contributed by atoms with E-state index in [1.807, 2.05) is 14.0 Å². The number of aryl methyl sites for hydroxylation is 2. The van der Waals surface area contributed by atoms with Crippen molar-refractivity contribution in [3.05, 3.63) is 11.3 Å². The quantitative estimate of drug-likeness (QED) is 0.896. The zero-order chi connectivity index (χ0) is 12.4. The van der Waals surface area contributed by atoms with Gasteiger partial charge in [0.2, 0.25) is 5.88 Å². The number of piperidine rings is 1. The molecule has 0 bridgehead atoms. The van der Waals surface area contributed by atoms with Gasteiger partial charge in [-0.25, -0.2) is 4.68 Å². The van der Waals surface area contributed by atoms with Gasteiger partial charge in [0, 0.05) is 19.6 Å². The van der Waals surface area contributed by atoms with Gasteiger partial charge in [0.15, 0.2) is 0 Å². The Morgan fingerprint density at radius 1 is 1.39 bits per heavy atom. The largest absolute Gasteiger partial charge is 0.481 e. The summed E-state index contributed by atoms with van der Waals surface area (Å²) in [6, 6.07) is 0.378. The summed E-state index contributed by atoms with van der Waals surface area (Å²) in [4.78, 5) is 2.43.